The molecule has 0 bridgehead atoms. The van der Waals surface area contributed by atoms with Gasteiger partial charge in [0.15, 0.2) is 11.5 Å². The summed E-state index contributed by atoms with van der Waals surface area (Å²) in [6.07, 6.45) is 2.84. The van der Waals surface area contributed by atoms with Gasteiger partial charge in [-0.25, -0.2) is 19.2 Å². The number of carboxylic acid groups (broad SMARTS) is 1. The summed E-state index contributed by atoms with van der Waals surface area (Å²) in [5.74, 6) is -4.97. The molecule has 0 aromatic heterocycles. The molecule has 3 N–H and O–H groups in total. The number of allylic oxidation sites excluding steroid dienone is 2. The van der Waals surface area contributed by atoms with E-state index >= 15 is 0 Å². The van der Waals surface area contributed by atoms with Gasteiger partial charge in [0.1, 0.15) is 33.0 Å². The third-order valence-electron chi connectivity index (χ3n) is 10.7. The second kappa shape index (κ2) is 15.8. The minimum absolute atomic E-state index is 0.0380. The lowest BCUT2D eigenvalue weighted by atomic mass is 9.87. The van der Waals surface area contributed by atoms with E-state index < -0.39 is 41.0 Å². The number of halogens is 1. The highest BCUT2D eigenvalue weighted by Gasteiger charge is 2.48. The Balaban J connectivity index is 1.74. The molecular formula is C42H45BrO12. The van der Waals surface area contributed by atoms with Crippen LogP contribution >= 0.6 is 15.9 Å². The molecular weight excluding hydrogens is 776 g/mol. The Morgan fingerprint density at radius 3 is 1.69 bits per heavy atom. The van der Waals surface area contributed by atoms with Gasteiger partial charge >= 0.3 is 23.9 Å². The Morgan fingerprint density at radius 1 is 0.655 bits per heavy atom. The van der Waals surface area contributed by atoms with Gasteiger partial charge in [-0.2, -0.15) is 0 Å². The molecule has 1 aliphatic carbocycles. The smallest absolute Gasteiger partial charge is 0.356 e. The molecule has 0 radical (unpaired) electrons. The Hall–Kier alpha value is -5.27. The van der Waals surface area contributed by atoms with Crippen molar-refractivity contribution in [3.8, 4) is 23.0 Å². The molecule has 0 fully saturated rings. The molecule has 0 unspecified atom stereocenters. The average molecular weight is 822 g/mol. The van der Waals surface area contributed by atoms with E-state index in [1.165, 1.54) is 21.0 Å². The largest absolute Gasteiger partial charge is 0.506 e. The number of aromatic carboxylic acids is 1. The summed E-state index contributed by atoms with van der Waals surface area (Å²) in [5.41, 5.74) is 2.46. The van der Waals surface area contributed by atoms with Crippen LogP contribution in [0.3, 0.4) is 0 Å². The van der Waals surface area contributed by atoms with E-state index in [-0.39, 0.29) is 49.6 Å². The van der Waals surface area contributed by atoms with Crippen LogP contribution in [0.2, 0.25) is 0 Å². The van der Waals surface area contributed by atoms with Crippen LogP contribution in [0.5, 0.6) is 23.0 Å². The highest BCUT2D eigenvalue weighted by atomic mass is 79.9. The van der Waals surface area contributed by atoms with E-state index in [4.69, 9.17) is 18.9 Å². The average Bonchev–Trinajstić information content (AvgIpc) is 3.12. The molecule has 0 saturated carbocycles. The van der Waals surface area contributed by atoms with Gasteiger partial charge in [0, 0.05) is 6.08 Å². The molecule has 0 saturated heterocycles. The third kappa shape index (κ3) is 7.06. The van der Waals surface area contributed by atoms with E-state index in [0.29, 0.717) is 68.7 Å². The lowest BCUT2D eigenvalue weighted by molar-refractivity contribution is -0.151. The van der Waals surface area contributed by atoms with Gasteiger partial charge < -0.3 is 34.3 Å². The molecule has 3 aromatic carbocycles. The standard InChI is InChI=1S/C42H45BrO12/c1-13-27-25(11)35(21(7)19(5)31(27)39(48)54-36-22(8)18(4)30(38(46)47)24(10)28(36)14-2)53-40(49)32-20(6)23(9)37(33(43)34(32)45)55-41(50)42(51)17(3)15-26(44)16-29(42)52-12/h15-16,45,51H,13-14H2,1-12H3,(H,46,47)/t42-/m1/s1. The number of benzene rings is 3. The summed E-state index contributed by atoms with van der Waals surface area (Å²) >= 11 is 3.24. The first-order valence-corrected chi connectivity index (χ1v) is 18.3. The first kappa shape index (κ1) is 42.5. The zero-order valence-corrected chi connectivity index (χ0v) is 34.5. The predicted molar refractivity (Wildman–Crippen MR) is 207 cm³/mol. The molecule has 55 heavy (non-hydrogen) atoms. The van der Waals surface area contributed by atoms with Gasteiger partial charge in [-0.1, -0.05) is 13.8 Å². The van der Waals surface area contributed by atoms with Crippen LogP contribution in [0.25, 0.3) is 0 Å². The molecule has 12 nitrogen and oxygen atoms in total. The predicted octanol–water partition coefficient (Wildman–Crippen LogP) is 7.58. The molecule has 0 aliphatic heterocycles. The molecule has 292 valence electrons. The summed E-state index contributed by atoms with van der Waals surface area (Å²) in [4.78, 5) is 65.4. The van der Waals surface area contributed by atoms with Gasteiger partial charge in [0.25, 0.3) is 0 Å². The number of methoxy groups -OCH3 is 1. The number of ketones is 1. The second-order valence-corrected chi connectivity index (χ2v) is 14.4. The van der Waals surface area contributed by atoms with Crippen molar-refractivity contribution in [3.63, 3.8) is 0 Å². The van der Waals surface area contributed by atoms with Crippen molar-refractivity contribution in [2.45, 2.75) is 94.6 Å². The fourth-order valence-electron chi connectivity index (χ4n) is 7.13. The second-order valence-electron chi connectivity index (χ2n) is 13.6. The number of phenolic OH excluding ortho intramolecular Hbond substituents is 1. The van der Waals surface area contributed by atoms with Gasteiger partial charge in [-0.15, -0.1) is 0 Å². The Bertz CT molecular complexity index is 2250. The fourth-order valence-corrected chi connectivity index (χ4v) is 7.71. The molecule has 0 spiro atoms. The van der Waals surface area contributed by atoms with Crippen molar-refractivity contribution in [1.29, 1.82) is 0 Å². The zero-order valence-electron chi connectivity index (χ0n) is 33.0. The maximum absolute atomic E-state index is 14.0. The van der Waals surface area contributed by atoms with Crippen molar-refractivity contribution < 1.29 is 58.2 Å². The van der Waals surface area contributed by atoms with E-state index in [1.54, 1.807) is 48.5 Å². The summed E-state index contributed by atoms with van der Waals surface area (Å²) in [5, 5.41) is 32.5. The van der Waals surface area contributed by atoms with Crippen LogP contribution in [0.15, 0.2) is 28.0 Å². The van der Waals surface area contributed by atoms with Gasteiger partial charge in [0.05, 0.1) is 18.2 Å². The first-order valence-electron chi connectivity index (χ1n) is 17.5. The number of aliphatic hydroxyl groups is 1. The molecule has 1 aliphatic rings. The first-order chi connectivity index (χ1) is 25.6. The monoisotopic (exact) mass is 820 g/mol. The number of carboxylic acids is 1. The molecule has 13 heteroatoms. The van der Waals surface area contributed by atoms with E-state index in [1.807, 2.05) is 13.8 Å². The molecule has 1 atom stereocenters. The van der Waals surface area contributed by atoms with Crippen molar-refractivity contribution in [3.05, 3.63) is 100 Å². The summed E-state index contributed by atoms with van der Waals surface area (Å²) < 4.78 is 22.6. The van der Waals surface area contributed by atoms with Gasteiger partial charge in [-0.05, 0) is 158 Å². The van der Waals surface area contributed by atoms with Crippen LogP contribution in [-0.2, 0) is 27.2 Å². The number of carbonyl (C=O) groups is 5. The number of hydrogen-bond acceptors (Lipinski definition) is 11. The number of hydrogen-bond donors (Lipinski definition) is 3. The van der Waals surface area contributed by atoms with E-state index in [0.717, 1.165) is 12.2 Å². The topological polar surface area (TPSA) is 183 Å². The quantitative estimate of drug-likeness (QED) is 0.135. The van der Waals surface area contributed by atoms with Crippen molar-refractivity contribution in [2.24, 2.45) is 0 Å². The lowest BCUT2D eigenvalue weighted by Crippen LogP contribution is -2.47. The number of rotatable bonds is 10. The number of carbonyl (C=O) groups excluding carboxylic acids is 4. The zero-order chi connectivity index (χ0) is 41.6. The molecule has 4 rings (SSSR count). The maximum atomic E-state index is 14.0. The summed E-state index contributed by atoms with van der Waals surface area (Å²) in [6.45, 7) is 18.4. The summed E-state index contributed by atoms with van der Waals surface area (Å²) in [6, 6.07) is 0. The highest BCUT2D eigenvalue weighted by Crippen LogP contribution is 2.45. The lowest BCUT2D eigenvalue weighted by Gasteiger charge is -2.30. The van der Waals surface area contributed by atoms with E-state index in [2.05, 4.69) is 15.9 Å². The normalized spacial score (nSPS) is 15.3. The fraction of sp³-hybridized carbons (Fsp3) is 0.357. The number of ether oxygens (including phenoxy) is 4. The van der Waals surface area contributed by atoms with Crippen LogP contribution in [0.1, 0.15) is 107 Å². The van der Waals surface area contributed by atoms with Crippen LogP contribution in [-0.4, -0.2) is 57.7 Å². The van der Waals surface area contributed by atoms with Crippen molar-refractivity contribution in [2.75, 3.05) is 7.11 Å². The van der Waals surface area contributed by atoms with Crippen LogP contribution in [0, 0.1) is 55.4 Å². The van der Waals surface area contributed by atoms with Crippen molar-refractivity contribution >= 4 is 45.6 Å². The molecule has 0 heterocycles. The van der Waals surface area contributed by atoms with Crippen molar-refractivity contribution in [1.82, 2.24) is 0 Å². The van der Waals surface area contributed by atoms with Crippen LogP contribution in [0.4, 0.5) is 0 Å². The highest BCUT2D eigenvalue weighted by molar-refractivity contribution is 9.10. The van der Waals surface area contributed by atoms with E-state index in [9.17, 15) is 39.3 Å². The molecule has 0 amide bonds. The SMILES string of the molecule is CCc1c(C)c(C(=O)O)c(C)c(C)c1OC(=O)c1c(C)c(C)c(OC(=O)c2c(C)c(C)c(OC(=O)[C@@]3(O)C(C)=CC(=O)C=C3OC)c(Br)c2O)c(C)c1CC. The third-order valence-corrected chi connectivity index (χ3v) is 11.4. The maximum Gasteiger partial charge on any atom is 0.356 e. The van der Waals surface area contributed by atoms with Crippen LogP contribution < -0.4 is 14.2 Å². The Kier molecular flexibility index (Phi) is 12.2. The molecule has 3 aromatic rings. The van der Waals surface area contributed by atoms with Gasteiger partial charge in [-0.3, -0.25) is 4.79 Å². The minimum atomic E-state index is -2.43. The Morgan fingerprint density at radius 2 is 1.15 bits per heavy atom. The van der Waals surface area contributed by atoms with Gasteiger partial charge in [0.2, 0.25) is 5.60 Å². The minimum Gasteiger partial charge on any atom is -0.506 e. The number of esters is 3. The number of aromatic hydroxyl groups is 1. The Labute approximate surface area is 327 Å². The number of phenols is 1. The summed E-state index contributed by atoms with van der Waals surface area (Å²) in [7, 11) is 1.19.